The summed E-state index contributed by atoms with van der Waals surface area (Å²) in [5.41, 5.74) is 8.29. The molecule has 35 heavy (non-hydrogen) atoms. The van der Waals surface area contributed by atoms with Crippen molar-refractivity contribution in [3.05, 3.63) is 51.9 Å². The number of nitriles is 1. The van der Waals surface area contributed by atoms with Crippen LogP contribution >= 0.6 is 0 Å². The average Bonchev–Trinajstić information content (AvgIpc) is 3.08. The van der Waals surface area contributed by atoms with Crippen molar-refractivity contribution in [1.82, 2.24) is 4.98 Å². The van der Waals surface area contributed by atoms with Crippen LogP contribution in [0.25, 0.3) is 0 Å². The quantitative estimate of drug-likeness (QED) is 0.370. The third kappa shape index (κ3) is 4.78. The molecule has 2 aliphatic carbocycles. The number of anilines is 1. The molecule has 2 fully saturated rings. The highest BCUT2D eigenvalue weighted by Gasteiger charge is 2.52. The number of rotatable bonds is 4. The van der Waals surface area contributed by atoms with E-state index >= 15 is 0 Å². The number of aliphatic imine (C=N–C) groups is 1. The molecular formula is C26H33N5O3S. The van der Waals surface area contributed by atoms with Gasteiger partial charge in [-0.15, -0.1) is 0 Å². The molecule has 1 aromatic carbocycles. The van der Waals surface area contributed by atoms with Gasteiger partial charge in [0.05, 0.1) is 33.0 Å². The zero-order valence-electron chi connectivity index (χ0n) is 19.8. The van der Waals surface area contributed by atoms with Crippen LogP contribution in [-0.2, 0) is 10.8 Å². The highest BCUT2D eigenvalue weighted by molar-refractivity contribution is 7.87. The molecule has 8 nitrogen and oxygen atoms in total. The van der Waals surface area contributed by atoms with E-state index in [0.717, 1.165) is 44.9 Å². The molecule has 2 aromatic rings. The number of nitrogens with one attached hydrogen (secondary N) is 2. The van der Waals surface area contributed by atoms with Crippen LogP contribution in [0, 0.1) is 11.8 Å². The number of nitrogens with zero attached hydrogens (tertiary/aromatic N) is 2. The maximum absolute atomic E-state index is 13.3. The van der Waals surface area contributed by atoms with Crippen molar-refractivity contribution in [2.24, 2.45) is 10.7 Å². The van der Waals surface area contributed by atoms with Gasteiger partial charge in [-0.1, -0.05) is 38.5 Å². The molecule has 2 heterocycles. The number of hydrogen-bond acceptors (Lipinski definition) is 6. The molecule has 2 atom stereocenters. The van der Waals surface area contributed by atoms with E-state index in [0.29, 0.717) is 33.4 Å². The van der Waals surface area contributed by atoms with E-state index in [4.69, 9.17) is 11.0 Å². The van der Waals surface area contributed by atoms with Crippen molar-refractivity contribution in [2.45, 2.75) is 86.0 Å². The van der Waals surface area contributed by atoms with Crippen LogP contribution in [0.15, 0.2) is 45.1 Å². The van der Waals surface area contributed by atoms with Gasteiger partial charge in [0.1, 0.15) is 11.4 Å². The van der Waals surface area contributed by atoms with Gasteiger partial charge in [-0.05, 0) is 49.9 Å². The van der Waals surface area contributed by atoms with Gasteiger partial charge in [-0.25, -0.2) is 10.3 Å². The Morgan fingerprint density at radius 3 is 2.54 bits per heavy atom. The molecule has 0 radical (unpaired) electrons. The molecule has 3 aliphatic rings. The second-order valence-corrected chi connectivity index (χ2v) is 11.4. The van der Waals surface area contributed by atoms with E-state index in [-0.39, 0.29) is 11.4 Å². The Hall–Kier alpha value is -2.96. The van der Waals surface area contributed by atoms with Crippen molar-refractivity contribution in [1.29, 1.82) is 5.26 Å². The van der Waals surface area contributed by atoms with E-state index in [1.54, 1.807) is 24.4 Å². The van der Waals surface area contributed by atoms with Gasteiger partial charge in [-0.2, -0.15) is 0 Å². The number of nitrogens with two attached hydrogens (primary N) is 1. The SMILES string of the molecule is C#N.NC(=Nc1ccc2c(c1)C(O)C1(CCCCC1)S2=O)c1c(NC2CCCCC2)cc[nH]c1=O. The van der Waals surface area contributed by atoms with Crippen LogP contribution in [0.4, 0.5) is 11.4 Å². The number of amidine groups is 1. The lowest BCUT2D eigenvalue weighted by Crippen LogP contribution is -2.38. The standard InChI is InChI=1S/C25H32N4O3S.CHN/c26-23(21-19(11-14-27-24(21)31)28-16-7-3-1-4-8-16)29-17-9-10-20-18(15-17)22(30)25(33(20)32)12-5-2-6-13-25;1-2/h9-11,14-16,22,30H,1-8,12-13H2,(H2,26,29)(H2,27,28,31);1H. The van der Waals surface area contributed by atoms with Crippen LogP contribution in [0.1, 0.15) is 81.4 Å². The summed E-state index contributed by atoms with van der Waals surface area (Å²) in [5.74, 6) is 0.121. The Morgan fingerprint density at radius 2 is 1.83 bits per heavy atom. The van der Waals surface area contributed by atoms with Crippen LogP contribution in [0.5, 0.6) is 0 Å². The highest BCUT2D eigenvalue weighted by Crippen LogP contribution is 2.52. The largest absolute Gasteiger partial charge is 0.387 e. The normalized spacial score (nSPS) is 23.8. The minimum atomic E-state index is -1.24. The Morgan fingerprint density at radius 1 is 1.14 bits per heavy atom. The third-order valence-electron chi connectivity index (χ3n) is 7.49. The van der Waals surface area contributed by atoms with E-state index in [1.807, 2.05) is 6.07 Å². The molecule has 0 amide bonds. The average molecular weight is 496 g/mol. The fourth-order valence-corrected chi connectivity index (χ4v) is 7.72. The molecule has 5 rings (SSSR count). The molecule has 0 saturated heterocycles. The molecule has 2 saturated carbocycles. The molecular weight excluding hydrogens is 462 g/mol. The maximum atomic E-state index is 13.3. The summed E-state index contributed by atoms with van der Waals surface area (Å²) in [5, 5.41) is 21.1. The number of aromatic amines is 1. The van der Waals surface area contributed by atoms with Gasteiger partial charge in [-0.3, -0.25) is 9.00 Å². The van der Waals surface area contributed by atoms with E-state index < -0.39 is 21.7 Å². The summed E-state index contributed by atoms with van der Waals surface area (Å²) in [6.45, 7) is 3.50. The Kier molecular flexibility index (Phi) is 7.72. The number of pyridine rings is 1. The second-order valence-electron chi connectivity index (χ2n) is 9.59. The molecule has 1 aromatic heterocycles. The van der Waals surface area contributed by atoms with Crippen molar-refractivity contribution in [3.8, 4) is 6.57 Å². The molecule has 1 spiro atoms. The first-order valence-corrected chi connectivity index (χ1v) is 13.5. The van der Waals surface area contributed by atoms with Gasteiger partial charge >= 0.3 is 0 Å². The summed E-state index contributed by atoms with van der Waals surface area (Å²) >= 11 is 0. The predicted octanol–water partition coefficient (Wildman–Crippen LogP) is 4.15. The minimum absolute atomic E-state index is 0.121. The summed E-state index contributed by atoms with van der Waals surface area (Å²) < 4.78 is 12.7. The monoisotopic (exact) mass is 495 g/mol. The Balaban J connectivity index is 0.00000141. The smallest absolute Gasteiger partial charge is 0.261 e. The predicted molar refractivity (Wildman–Crippen MR) is 138 cm³/mol. The molecule has 2 unspecified atom stereocenters. The van der Waals surface area contributed by atoms with Crippen molar-refractivity contribution in [3.63, 3.8) is 0 Å². The third-order valence-corrected chi connectivity index (χ3v) is 9.63. The van der Waals surface area contributed by atoms with Crippen molar-refractivity contribution < 1.29 is 9.32 Å². The van der Waals surface area contributed by atoms with Gasteiger partial charge in [0, 0.05) is 29.3 Å². The number of H-pyrrole nitrogens is 1. The minimum Gasteiger partial charge on any atom is -0.387 e. The zero-order valence-corrected chi connectivity index (χ0v) is 20.7. The van der Waals surface area contributed by atoms with E-state index in [1.165, 1.54) is 19.3 Å². The number of aromatic nitrogens is 1. The first-order chi connectivity index (χ1) is 17.0. The van der Waals surface area contributed by atoms with Crippen molar-refractivity contribution >= 4 is 28.0 Å². The molecule has 5 N–H and O–H groups in total. The summed E-state index contributed by atoms with van der Waals surface area (Å²) in [4.78, 5) is 20.6. The van der Waals surface area contributed by atoms with E-state index in [9.17, 15) is 14.1 Å². The maximum Gasteiger partial charge on any atom is 0.261 e. The Labute approximate surface area is 208 Å². The number of fused-ring (bicyclic) bond motifs is 1. The topological polar surface area (TPSA) is 144 Å². The summed E-state index contributed by atoms with van der Waals surface area (Å²) in [6, 6.07) is 7.49. The zero-order chi connectivity index (χ0) is 25.0. The lowest BCUT2D eigenvalue weighted by molar-refractivity contribution is 0.109. The second kappa shape index (κ2) is 10.8. The van der Waals surface area contributed by atoms with Gasteiger partial charge in [0.15, 0.2) is 0 Å². The van der Waals surface area contributed by atoms with Crippen LogP contribution in [0.3, 0.4) is 0 Å². The van der Waals surface area contributed by atoms with Crippen LogP contribution in [-0.4, -0.2) is 30.9 Å². The van der Waals surface area contributed by atoms with E-state index in [2.05, 4.69) is 21.9 Å². The van der Waals surface area contributed by atoms with Crippen LogP contribution < -0.4 is 16.6 Å². The van der Waals surface area contributed by atoms with Crippen molar-refractivity contribution in [2.75, 3.05) is 5.32 Å². The fraction of sp³-hybridized carbons (Fsp3) is 0.500. The molecule has 0 bridgehead atoms. The lowest BCUT2D eigenvalue weighted by Gasteiger charge is -2.34. The highest BCUT2D eigenvalue weighted by atomic mass is 32.2. The molecule has 9 heteroatoms. The van der Waals surface area contributed by atoms with Crippen LogP contribution in [0.2, 0.25) is 0 Å². The first-order valence-electron chi connectivity index (χ1n) is 12.3. The number of benzene rings is 1. The summed E-state index contributed by atoms with van der Waals surface area (Å²) in [7, 11) is -1.24. The van der Waals surface area contributed by atoms with Gasteiger partial charge < -0.3 is 21.1 Å². The number of hydrogen-bond donors (Lipinski definition) is 4. The number of aliphatic hydroxyl groups is 1. The lowest BCUT2D eigenvalue weighted by atomic mass is 9.82. The molecule has 186 valence electrons. The molecule has 1 aliphatic heterocycles. The van der Waals surface area contributed by atoms with Gasteiger partial charge in [0.2, 0.25) is 0 Å². The van der Waals surface area contributed by atoms with Gasteiger partial charge in [0.25, 0.3) is 5.56 Å². The Bertz CT molecular complexity index is 1190. The first kappa shape index (κ1) is 25.1. The summed E-state index contributed by atoms with van der Waals surface area (Å²) in [6.07, 6.45) is 11.2. The fourth-order valence-electron chi connectivity index (χ4n) is 5.72. The number of aliphatic hydroxyl groups excluding tert-OH is 1.